The molecule has 1 aromatic heterocycles. The summed E-state index contributed by atoms with van der Waals surface area (Å²) in [5.74, 6) is 0. The summed E-state index contributed by atoms with van der Waals surface area (Å²) in [6, 6.07) is 0.462. The van der Waals surface area contributed by atoms with Gasteiger partial charge in [0.15, 0.2) is 0 Å². The van der Waals surface area contributed by atoms with Crippen molar-refractivity contribution in [2.45, 2.75) is 32.9 Å². The molecular formula is C11H20N4OS. The minimum Gasteiger partial charge on any atom is -0.379 e. The second-order valence-electron chi connectivity index (χ2n) is 4.37. The lowest BCUT2D eigenvalue weighted by atomic mass is 10.2. The van der Waals surface area contributed by atoms with E-state index in [9.17, 15) is 0 Å². The predicted octanol–water partition coefficient (Wildman–Crippen LogP) is 1.58. The van der Waals surface area contributed by atoms with Gasteiger partial charge >= 0.3 is 0 Å². The molecule has 2 rings (SSSR count). The molecule has 5 nitrogen and oxygen atoms in total. The Bertz CT molecular complexity index is 344. The van der Waals surface area contributed by atoms with Gasteiger partial charge in [0.2, 0.25) is 0 Å². The van der Waals surface area contributed by atoms with Crippen LogP contribution in [0.1, 0.15) is 26.0 Å². The molecule has 2 heterocycles. The Morgan fingerprint density at radius 3 is 3.24 bits per heavy atom. The Morgan fingerprint density at radius 2 is 2.47 bits per heavy atom. The van der Waals surface area contributed by atoms with Crippen LogP contribution in [0.2, 0.25) is 0 Å². The van der Waals surface area contributed by atoms with E-state index in [0.29, 0.717) is 6.04 Å². The zero-order valence-electron chi connectivity index (χ0n) is 10.5. The third-order valence-electron chi connectivity index (χ3n) is 2.95. The van der Waals surface area contributed by atoms with Crippen LogP contribution in [0.4, 0.5) is 5.00 Å². The van der Waals surface area contributed by atoms with Crippen molar-refractivity contribution in [1.82, 2.24) is 14.5 Å². The molecule has 1 N–H and O–H groups in total. The quantitative estimate of drug-likeness (QED) is 0.867. The van der Waals surface area contributed by atoms with Crippen molar-refractivity contribution < 1.29 is 4.74 Å². The molecule has 1 atom stereocenters. The molecule has 0 saturated carbocycles. The van der Waals surface area contributed by atoms with E-state index in [4.69, 9.17) is 4.74 Å². The lowest BCUT2D eigenvalue weighted by Crippen LogP contribution is -2.43. The third-order valence-corrected chi connectivity index (χ3v) is 3.68. The van der Waals surface area contributed by atoms with E-state index in [1.807, 2.05) is 0 Å². The number of morpholine rings is 1. The van der Waals surface area contributed by atoms with E-state index < -0.39 is 0 Å². The molecule has 1 fully saturated rings. The largest absolute Gasteiger partial charge is 0.379 e. The number of rotatable bonds is 5. The maximum atomic E-state index is 5.44. The molecule has 0 aromatic carbocycles. The highest BCUT2D eigenvalue weighted by atomic mass is 32.1. The Hall–Kier alpha value is -0.720. The molecule has 17 heavy (non-hydrogen) atoms. The van der Waals surface area contributed by atoms with Gasteiger partial charge < -0.3 is 10.1 Å². The molecule has 1 aliphatic rings. The summed E-state index contributed by atoms with van der Waals surface area (Å²) in [4.78, 5) is 2.40. The van der Waals surface area contributed by atoms with Gasteiger partial charge in [-0.1, -0.05) is 11.4 Å². The van der Waals surface area contributed by atoms with Crippen LogP contribution in [-0.4, -0.2) is 46.8 Å². The fourth-order valence-electron chi connectivity index (χ4n) is 1.87. The lowest BCUT2D eigenvalue weighted by molar-refractivity contribution is -0.00482. The highest BCUT2D eigenvalue weighted by Gasteiger charge is 2.21. The van der Waals surface area contributed by atoms with Crippen molar-refractivity contribution in [3.8, 4) is 0 Å². The highest BCUT2D eigenvalue weighted by molar-refractivity contribution is 7.10. The van der Waals surface area contributed by atoms with Crippen molar-refractivity contribution in [2.24, 2.45) is 0 Å². The summed E-state index contributed by atoms with van der Waals surface area (Å²) >= 11 is 1.45. The van der Waals surface area contributed by atoms with Crippen LogP contribution in [0.5, 0.6) is 0 Å². The van der Waals surface area contributed by atoms with Gasteiger partial charge in [0.1, 0.15) is 10.7 Å². The van der Waals surface area contributed by atoms with Crippen molar-refractivity contribution >= 4 is 16.5 Å². The van der Waals surface area contributed by atoms with Crippen LogP contribution in [0.15, 0.2) is 0 Å². The number of anilines is 1. The van der Waals surface area contributed by atoms with Gasteiger partial charge in [-0.25, -0.2) is 0 Å². The summed E-state index contributed by atoms with van der Waals surface area (Å²) < 4.78 is 9.47. The van der Waals surface area contributed by atoms with Crippen molar-refractivity contribution in [3.63, 3.8) is 0 Å². The zero-order valence-corrected chi connectivity index (χ0v) is 11.3. The highest BCUT2D eigenvalue weighted by Crippen LogP contribution is 2.21. The number of hydrogen-bond acceptors (Lipinski definition) is 6. The number of nitrogens with one attached hydrogen (secondary N) is 1. The molecule has 0 aliphatic carbocycles. The fraction of sp³-hybridized carbons (Fsp3) is 0.818. The summed E-state index contributed by atoms with van der Waals surface area (Å²) in [5.41, 5.74) is 1.07. The van der Waals surface area contributed by atoms with Crippen molar-refractivity contribution in [1.29, 1.82) is 0 Å². The van der Waals surface area contributed by atoms with Crippen LogP contribution in [0, 0.1) is 0 Å². The number of nitrogens with zero attached hydrogens (tertiary/aromatic N) is 3. The molecule has 0 spiro atoms. The topological polar surface area (TPSA) is 50.3 Å². The molecule has 1 aromatic rings. The Kier molecular flexibility index (Phi) is 4.70. The van der Waals surface area contributed by atoms with Crippen LogP contribution < -0.4 is 5.32 Å². The first-order chi connectivity index (χ1) is 8.31. The molecule has 1 aliphatic heterocycles. The van der Waals surface area contributed by atoms with Crippen LogP contribution in [-0.2, 0) is 11.3 Å². The van der Waals surface area contributed by atoms with Gasteiger partial charge in [-0.05, 0) is 13.3 Å². The van der Waals surface area contributed by atoms with Crippen LogP contribution in [0.3, 0.4) is 0 Å². The first-order valence-corrected chi connectivity index (χ1v) is 6.95. The fourth-order valence-corrected chi connectivity index (χ4v) is 2.47. The second kappa shape index (κ2) is 6.28. The van der Waals surface area contributed by atoms with E-state index >= 15 is 0 Å². The normalized spacial score (nSPS) is 21.6. The standard InChI is InChI=1S/C11H20N4OS/c1-3-4-12-11-10(13-14-17-11)7-15-5-6-16-8-9(15)2/h9,12H,3-8H2,1-2H3. The summed E-state index contributed by atoms with van der Waals surface area (Å²) in [6.07, 6.45) is 1.12. The lowest BCUT2D eigenvalue weighted by Gasteiger charge is -2.32. The molecule has 0 radical (unpaired) electrons. The van der Waals surface area contributed by atoms with Gasteiger partial charge in [0, 0.05) is 37.2 Å². The SMILES string of the molecule is CCCNc1snnc1CN1CCOCC1C. The molecular weight excluding hydrogens is 236 g/mol. The summed E-state index contributed by atoms with van der Waals surface area (Å²) in [5, 5.41) is 8.72. The smallest absolute Gasteiger partial charge is 0.134 e. The minimum absolute atomic E-state index is 0.462. The van der Waals surface area contributed by atoms with Gasteiger partial charge in [-0.15, -0.1) is 5.10 Å². The van der Waals surface area contributed by atoms with Gasteiger partial charge in [0.05, 0.1) is 13.2 Å². The monoisotopic (exact) mass is 256 g/mol. The van der Waals surface area contributed by atoms with E-state index in [2.05, 4.69) is 33.7 Å². The molecule has 96 valence electrons. The molecule has 1 saturated heterocycles. The van der Waals surface area contributed by atoms with E-state index in [1.165, 1.54) is 11.5 Å². The predicted molar refractivity (Wildman–Crippen MR) is 69.4 cm³/mol. The number of hydrogen-bond donors (Lipinski definition) is 1. The average Bonchev–Trinajstić information content (AvgIpc) is 2.77. The maximum Gasteiger partial charge on any atom is 0.134 e. The Balaban J connectivity index is 1.95. The Labute approximate surface area is 106 Å². The van der Waals surface area contributed by atoms with Gasteiger partial charge in [0.25, 0.3) is 0 Å². The molecule has 6 heteroatoms. The Morgan fingerprint density at radius 1 is 1.59 bits per heavy atom. The van der Waals surface area contributed by atoms with E-state index in [1.54, 1.807) is 0 Å². The van der Waals surface area contributed by atoms with Crippen LogP contribution in [0.25, 0.3) is 0 Å². The summed E-state index contributed by atoms with van der Waals surface area (Å²) in [6.45, 7) is 8.81. The maximum absolute atomic E-state index is 5.44. The molecule has 1 unspecified atom stereocenters. The first kappa shape index (κ1) is 12.7. The first-order valence-electron chi connectivity index (χ1n) is 6.18. The van der Waals surface area contributed by atoms with Crippen molar-refractivity contribution in [3.05, 3.63) is 5.69 Å². The van der Waals surface area contributed by atoms with E-state index in [-0.39, 0.29) is 0 Å². The zero-order chi connectivity index (χ0) is 12.1. The van der Waals surface area contributed by atoms with Crippen molar-refractivity contribution in [2.75, 3.05) is 31.6 Å². The minimum atomic E-state index is 0.462. The average molecular weight is 256 g/mol. The number of aromatic nitrogens is 2. The van der Waals surface area contributed by atoms with Crippen LogP contribution >= 0.6 is 11.5 Å². The van der Waals surface area contributed by atoms with Gasteiger partial charge in [-0.3, -0.25) is 4.90 Å². The molecule has 0 amide bonds. The summed E-state index contributed by atoms with van der Waals surface area (Å²) in [7, 11) is 0. The second-order valence-corrected chi connectivity index (χ2v) is 5.12. The van der Waals surface area contributed by atoms with Gasteiger partial charge in [-0.2, -0.15) is 0 Å². The third kappa shape index (κ3) is 3.37. The van der Waals surface area contributed by atoms with E-state index in [0.717, 1.165) is 50.0 Å². The molecule has 0 bridgehead atoms. The number of ether oxygens (including phenoxy) is 1.